The number of aromatic nitrogens is 1. The summed E-state index contributed by atoms with van der Waals surface area (Å²) in [5.74, 6) is 1.31. The lowest BCUT2D eigenvalue weighted by Crippen LogP contribution is -2.34. The Morgan fingerprint density at radius 2 is 1.89 bits per heavy atom. The van der Waals surface area contributed by atoms with E-state index in [1.165, 1.54) is 5.56 Å². The molecule has 186 valence electrons. The molecule has 36 heavy (non-hydrogen) atoms. The van der Waals surface area contributed by atoms with Crippen LogP contribution in [0.5, 0.6) is 5.75 Å². The fourth-order valence-electron chi connectivity index (χ4n) is 3.62. The molecular formula is C28H28ClN3O3S. The van der Waals surface area contributed by atoms with E-state index in [1.54, 1.807) is 36.4 Å². The molecule has 0 spiro atoms. The molecule has 0 saturated heterocycles. The first-order valence-corrected chi connectivity index (χ1v) is 12.7. The normalized spacial score (nSPS) is 11.8. The maximum Gasteiger partial charge on any atom is 0.257 e. The molecule has 4 aromatic rings. The van der Waals surface area contributed by atoms with Gasteiger partial charge in [-0.2, -0.15) is 0 Å². The smallest absolute Gasteiger partial charge is 0.257 e. The highest BCUT2D eigenvalue weighted by molar-refractivity contribution is 7.80. The molecule has 3 aromatic carbocycles. The van der Waals surface area contributed by atoms with Gasteiger partial charge in [0.25, 0.3) is 5.91 Å². The van der Waals surface area contributed by atoms with Gasteiger partial charge in [0, 0.05) is 11.1 Å². The van der Waals surface area contributed by atoms with E-state index in [0.29, 0.717) is 40.4 Å². The maximum absolute atomic E-state index is 12.6. The molecule has 0 unspecified atom stereocenters. The lowest BCUT2D eigenvalue weighted by atomic mass is 9.98. The fraction of sp³-hybridized carbons (Fsp3) is 0.250. The summed E-state index contributed by atoms with van der Waals surface area (Å²) in [5, 5.41) is 6.25. The number of halogens is 1. The third-order valence-corrected chi connectivity index (χ3v) is 6.40. The molecule has 0 saturated carbocycles. The number of rotatable bonds is 8. The molecule has 1 amide bonds. The molecule has 1 heterocycles. The monoisotopic (exact) mass is 521 g/mol. The minimum atomic E-state index is -0.335. The van der Waals surface area contributed by atoms with Crippen molar-refractivity contribution in [2.24, 2.45) is 0 Å². The van der Waals surface area contributed by atoms with E-state index in [1.807, 2.05) is 19.1 Å². The van der Waals surface area contributed by atoms with Gasteiger partial charge in [-0.3, -0.25) is 10.1 Å². The number of thiocarbonyl (C=S) groups is 1. The molecule has 1 aromatic heterocycles. The number of ether oxygens (including phenoxy) is 1. The van der Waals surface area contributed by atoms with Crippen LogP contribution in [0.1, 0.15) is 55.5 Å². The Morgan fingerprint density at radius 3 is 2.61 bits per heavy atom. The minimum absolute atomic E-state index is 0.126. The number of hydrogen-bond acceptors (Lipinski definition) is 5. The molecule has 4 rings (SSSR count). The van der Waals surface area contributed by atoms with Gasteiger partial charge in [0.1, 0.15) is 11.3 Å². The second kappa shape index (κ2) is 11.5. The van der Waals surface area contributed by atoms with Gasteiger partial charge in [0.05, 0.1) is 17.3 Å². The van der Waals surface area contributed by atoms with Gasteiger partial charge >= 0.3 is 0 Å². The number of hydrogen-bond donors (Lipinski definition) is 2. The number of carbonyl (C=O) groups excluding carboxylic acids is 1. The minimum Gasteiger partial charge on any atom is -0.494 e. The van der Waals surface area contributed by atoms with Crippen LogP contribution >= 0.6 is 23.8 Å². The number of nitrogens with one attached hydrogen (secondary N) is 2. The van der Waals surface area contributed by atoms with Crippen molar-refractivity contribution < 1.29 is 13.9 Å². The van der Waals surface area contributed by atoms with Crippen molar-refractivity contribution in [1.29, 1.82) is 0 Å². The molecule has 0 fully saturated rings. The van der Waals surface area contributed by atoms with Gasteiger partial charge in [-0.1, -0.05) is 38.4 Å². The van der Waals surface area contributed by atoms with Gasteiger partial charge in [-0.15, -0.1) is 0 Å². The summed E-state index contributed by atoms with van der Waals surface area (Å²) >= 11 is 11.7. The van der Waals surface area contributed by atoms with E-state index in [2.05, 4.69) is 41.6 Å². The summed E-state index contributed by atoms with van der Waals surface area (Å²) in [6.45, 7) is 7.02. The molecule has 0 radical (unpaired) electrons. The van der Waals surface area contributed by atoms with Gasteiger partial charge in [-0.05, 0) is 91.1 Å². The van der Waals surface area contributed by atoms with Crippen LogP contribution in [0.4, 0.5) is 5.69 Å². The number of nitrogens with zero attached hydrogens (tertiary/aromatic N) is 1. The number of anilines is 1. The molecule has 6 nitrogen and oxygen atoms in total. The number of carbonyl (C=O) groups is 1. The van der Waals surface area contributed by atoms with Crippen LogP contribution in [0.15, 0.2) is 65.1 Å². The second-order valence-corrected chi connectivity index (χ2v) is 9.35. The zero-order valence-corrected chi connectivity index (χ0v) is 22.0. The van der Waals surface area contributed by atoms with E-state index in [4.69, 9.17) is 33.0 Å². The van der Waals surface area contributed by atoms with Gasteiger partial charge in [0.2, 0.25) is 5.89 Å². The quantitative estimate of drug-likeness (QED) is 0.233. The summed E-state index contributed by atoms with van der Waals surface area (Å²) in [6.07, 6.45) is 1.97. The highest BCUT2D eigenvalue weighted by Crippen LogP contribution is 2.31. The Labute approximate surface area is 221 Å². The zero-order chi connectivity index (χ0) is 25.7. The van der Waals surface area contributed by atoms with Gasteiger partial charge in [0.15, 0.2) is 10.7 Å². The van der Waals surface area contributed by atoms with Crippen molar-refractivity contribution in [3.05, 3.63) is 76.8 Å². The standard InChI is InChI=1S/C28H28ClN3O3S/c1-4-14-34-21-10-6-18(7-11-21)26(33)32-28(36)31-23-16-20(8-12-22(23)29)27-30-24-15-19(17(3)5-2)9-13-25(24)35-27/h6-13,15-17H,4-5,14H2,1-3H3,(H2,31,32,33,36)/t17-/m0/s1. The number of fused-ring (bicyclic) bond motifs is 1. The Balaban J connectivity index is 1.46. The van der Waals surface area contributed by atoms with E-state index in [-0.39, 0.29) is 11.0 Å². The molecule has 0 aliphatic carbocycles. The second-order valence-electron chi connectivity index (χ2n) is 8.53. The van der Waals surface area contributed by atoms with Crippen LogP contribution in [-0.2, 0) is 0 Å². The molecule has 0 aliphatic rings. The third kappa shape index (κ3) is 6.04. The fourth-order valence-corrected chi connectivity index (χ4v) is 3.98. The largest absolute Gasteiger partial charge is 0.494 e. The summed E-state index contributed by atoms with van der Waals surface area (Å²) in [5.41, 5.74) is 4.49. The molecule has 2 N–H and O–H groups in total. The first-order valence-electron chi connectivity index (χ1n) is 11.9. The Kier molecular flexibility index (Phi) is 8.23. The maximum atomic E-state index is 12.6. The Hall–Kier alpha value is -3.42. The highest BCUT2D eigenvalue weighted by Gasteiger charge is 2.14. The summed E-state index contributed by atoms with van der Waals surface area (Å²) in [4.78, 5) is 17.3. The lowest BCUT2D eigenvalue weighted by Gasteiger charge is -2.12. The van der Waals surface area contributed by atoms with Crippen LogP contribution < -0.4 is 15.4 Å². The van der Waals surface area contributed by atoms with E-state index in [9.17, 15) is 4.79 Å². The van der Waals surface area contributed by atoms with Crippen LogP contribution in [0.3, 0.4) is 0 Å². The van der Waals surface area contributed by atoms with Crippen LogP contribution in [-0.4, -0.2) is 22.6 Å². The zero-order valence-electron chi connectivity index (χ0n) is 20.4. The van der Waals surface area contributed by atoms with Crippen LogP contribution in [0, 0.1) is 0 Å². The molecule has 0 bridgehead atoms. The van der Waals surface area contributed by atoms with Crippen LogP contribution in [0.2, 0.25) is 5.02 Å². The third-order valence-electron chi connectivity index (χ3n) is 5.87. The van der Waals surface area contributed by atoms with Crippen molar-refractivity contribution in [3.63, 3.8) is 0 Å². The van der Waals surface area contributed by atoms with E-state index >= 15 is 0 Å². The van der Waals surface area contributed by atoms with Crippen molar-refractivity contribution in [2.75, 3.05) is 11.9 Å². The average Bonchev–Trinajstić information content (AvgIpc) is 3.32. The summed E-state index contributed by atoms with van der Waals surface area (Å²) < 4.78 is 11.5. The molecule has 8 heteroatoms. The van der Waals surface area contributed by atoms with Crippen molar-refractivity contribution in [1.82, 2.24) is 10.3 Å². The molecule has 1 atom stereocenters. The first kappa shape index (κ1) is 25.7. The highest BCUT2D eigenvalue weighted by atomic mass is 35.5. The first-order chi connectivity index (χ1) is 17.4. The number of oxazole rings is 1. The van der Waals surface area contributed by atoms with Crippen LogP contribution in [0.25, 0.3) is 22.6 Å². The van der Waals surface area contributed by atoms with Crippen molar-refractivity contribution in [3.8, 4) is 17.2 Å². The van der Waals surface area contributed by atoms with Crippen molar-refractivity contribution >= 4 is 51.6 Å². The van der Waals surface area contributed by atoms with Gasteiger partial charge in [-0.25, -0.2) is 4.98 Å². The number of benzene rings is 3. The SMILES string of the molecule is CCCOc1ccc(C(=O)NC(=S)Nc2cc(-c3nc4cc([C@@H](C)CC)ccc4o3)ccc2Cl)cc1. The van der Waals surface area contributed by atoms with E-state index < -0.39 is 0 Å². The Bertz CT molecular complexity index is 1380. The molecular weight excluding hydrogens is 494 g/mol. The predicted octanol–water partition coefficient (Wildman–Crippen LogP) is 7.58. The van der Waals surface area contributed by atoms with Gasteiger partial charge < -0.3 is 14.5 Å². The van der Waals surface area contributed by atoms with E-state index in [0.717, 1.165) is 29.5 Å². The summed E-state index contributed by atoms with van der Waals surface area (Å²) in [6, 6.07) is 18.4. The number of amides is 1. The Morgan fingerprint density at radius 1 is 1.11 bits per heavy atom. The topological polar surface area (TPSA) is 76.4 Å². The molecule has 0 aliphatic heterocycles. The average molecular weight is 522 g/mol. The van der Waals surface area contributed by atoms with Crippen molar-refractivity contribution in [2.45, 2.75) is 39.5 Å². The summed E-state index contributed by atoms with van der Waals surface area (Å²) in [7, 11) is 0. The predicted molar refractivity (Wildman–Crippen MR) is 149 cm³/mol. The lowest BCUT2D eigenvalue weighted by molar-refractivity contribution is 0.0977.